The molecule has 0 unspecified atom stereocenters. The fourth-order valence-corrected chi connectivity index (χ4v) is 2.59. The lowest BCUT2D eigenvalue weighted by molar-refractivity contribution is 0.102. The van der Waals surface area contributed by atoms with Gasteiger partial charge in [-0.1, -0.05) is 36.0 Å². The number of carbonyl (C=O) groups excluding carboxylic acids is 1. The third-order valence-corrected chi connectivity index (χ3v) is 3.71. The lowest BCUT2D eigenvalue weighted by atomic mass is 10.1. The summed E-state index contributed by atoms with van der Waals surface area (Å²) in [6.45, 7) is 0. The average molecular weight is 269 g/mol. The number of hydrogen-bond acceptors (Lipinski definition) is 4. The molecule has 0 saturated carbocycles. The van der Waals surface area contributed by atoms with E-state index in [0.29, 0.717) is 11.3 Å². The first-order valence-corrected chi connectivity index (χ1v) is 6.86. The van der Waals surface area contributed by atoms with Gasteiger partial charge in [0.05, 0.1) is 16.3 Å². The van der Waals surface area contributed by atoms with E-state index >= 15 is 0 Å². The van der Waals surface area contributed by atoms with Crippen LogP contribution in [0.4, 0.5) is 0 Å². The maximum absolute atomic E-state index is 12.2. The Hall–Kier alpha value is -2.07. The molecule has 0 aliphatic rings. The van der Waals surface area contributed by atoms with Crippen molar-refractivity contribution in [1.82, 2.24) is 4.98 Å². The highest BCUT2D eigenvalue weighted by Crippen LogP contribution is 2.23. The van der Waals surface area contributed by atoms with Gasteiger partial charge in [0.2, 0.25) is 0 Å². The summed E-state index contributed by atoms with van der Waals surface area (Å²) in [6, 6.07) is 13.2. The molecule has 2 heterocycles. The van der Waals surface area contributed by atoms with Crippen molar-refractivity contribution in [2.75, 3.05) is 5.75 Å². The molecule has 0 saturated heterocycles. The monoisotopic (exact) mass is 269 g/mol. The number of fused-ring (bicyclic) bond motifs is 1. The number of aromatic nitrogens is 1. The normalized spacial score (nSPS) is 10.7. The summed E-state index contributed by atoms with van der Waals surface area (Å²) in [5, 5.41) is 1.72. The van der Waals surface area contributed by atoms with E-state index in [1.165, 1.54) is 18.0 Å². The van der Waals surface area contributed by atoms with Gasteiger partial charge in [0.1, 0.15) is 11.8 Å². The molecule has 0 fully saturated rings. The van der Waals surface area contributed by atoms with Gasteiger partial charge in [-0.25, -0.2) is 4.98 Å². The summed E-state index contributed by atoms with van der Waals surface area (Å²) in [6.07, 6.45) is 3.26. The molecule has 3 nitrogen and oxygen atoms in total. The topological polar surface area (TPSA) is 43.1 Å². The zero-order valence-electron chi connectivity index (χ0n) is 10.1. The van der Waals surface area contributed by atoms with Crippen molar-refractivity contribution in [3.8, 4) is 0 Å². The first-order valence-electron chi connectivity index (χ1n) is 5.88. The molecule has 0 N–H and O–H groups in total. The Balaban J connectivity index is 1.77. The maximum atomic E-state index is 12.2. The molecule has 0 aliphatic carbocycles. The van der Waals surface area contributed by atoms with E-state index in [1.807, 2.05) is 42.5 Å². The second kappa shape index (κ2) is 5.28. The summed E-state index contributed by atoms with van der Waals surface area (Å²) in [5.74, 6) is 0.418. The van der Waals surface area contributed by atoms with E-state index in [9.17, 15) is 4.79 Å². The molecule has 3 rings (SSSR count). The Morgan fingerprint density at radius 3 is 2.84 bits per heavy atom. The quantitative estimate of drug-likeness (QED) is 0.533. The molecule has 1 aromatic carbocycles. The predicted molar refractivity (Wildman–Crippen MR) is 75.5 cm³/mol. The Bertz CT molecular complexity index is 706. The number of hydrogen-bond donors (Lipinski definition) is 0. The summed E-state index contributed by atoms with van der Waals surface area (Å²) < 4.78 is 5.38. The van der Waals surface area contributed by atoms with Crippen molar-refractivity contribution < 1.29 is 9.21 Å². The van der Waals surface area contributed by atoms with Crippen LogP contribution in [0.1, 0.15) is 10.4 Å². The molecule has 4 heteroatoms. The predicted octanol–water partition coefficient (Wildman–Crippen LogP) is 3.80. The summed E-state index contributed by atoms with van der Waals surface area (Å²) in [5.41, 5.74) is 1.38. The lowest BCUT2D eigenvalue weighted by Gasteiger charge is -1.99. The molecule has 0 aliphatic heterocycles. The number of thioether (sulfide) groups is 1. The smallest absolute Gasteiger partial charge is 0.176 e. The molecule has 0 bridgehead atoms. The molecule has 0 radical (unpaired) electrons. The van der Waals surface area contributed by atoms with E-state index in [4.69, 9.17) is 4.42 Å². The highest BCUT2D eigenvalue weighted by molar-refractivity contribution is 7.99. The molecule has 0 spiro atoms. The number of carbonyl (C=O) groups is 1. The summed E-state index contributed by atoms with van der Waals surface area (Å²) in [4.78, 5) is 16.4. The van der Waals surface area contributed by atoms with Gasteiger partial charge >= 0.3 is 0 Å². The number of rotatable bonds is 4. The third-order valence-electron chi connectivity index (χ3n) is 2.77. The number of benzene rings is 1. The summed E-state index contributed by atoms with van der Waals surface area (Å²) >= 11 is 1.43. The van der Waals surface area contributed by atoms with E-state index < -0.39 is 0 Å². The van der Waals surface area contributed by atoms with E-state index in [2.05, 4.69) is 4.98 Å². The minimum absolute atomic E-state index is 0.0561. The molecule has 3 aromatic rings. The number of pyridine rings is 1. The first-order chi connectivity index (χ1) is 9.34. The molecular formula is C15H11NO2S. The van der Waals surface area contributed by atoms with Crippen LogP contribution < -0.4 is 0 Å². The SMILES string of the molecule is O=C(CSc1ccccn1)c1coc2ccccc12. The van der Waals surface area contributed by atoms with E-state index in [-0.39, 0.29) is 5.78 Å². The molecule has 94 valence electrons. The Labute approximate surface area is 114 Å². The standard InChI is InChI=1S/C15H11NO2S/c17-13(10-19-15-7-3-4-8-16-15)12-9-18-14-6-2-1-5-11(12)14/h1-9H,10H2. The minimum Gasteiger partial charge on any atom is -0.464 e. The first kappa shape index (κ1) is 12.0. The second-order valence-corrected chi connectivity index (χ2v) is 5.02. The van der Waals surface area contributed by atoms with Crippen molar-refractivity contribution in [1.29, 1.82) is 0 Å². The number of furan rings is 1. The van der Waals surface area contributed by atoms with Crippen LogP contribution in [0.5, 0.6) is 0 Å². The molecular weight excluding hydrogens is 258 g/mol. The second-order valence-electron chi connectivity index (χ2n) is 4.03. The van der Waals surface area contributed by atoms with Gasteiger partial charge in [-0.15, -0.1) is 0 Å². The Morgan fingerprint density at radius 2 is 2.00 bits per heavy atom. The highest BCUT2D eigenvalue weighted by Gasteiger charge is 2.13. The fraction of sp³-hybridized carbons (Fsp3) is 0.0667. The fourth-order valence-electron chi connectivity index (χ4n) is 1.84. The minimum atomic E-state index is 0.0561. The van der Waals surface area contributed by atoms with Crippen molar-refractivity contribution >= 4 is 28.5 Å². The average Bonchev–Trinajstić information content (AvgIpc) is 2.90. The van der Waals surface area contributed by atoms with Crippen LogP contribution in [0.25, 0.3) is 11.0 Å². The van der Waals surface area contributed by atoms with Gasteiger partial charge < -0.3 is 4.42 Å². The van der Waals surface area contributed by atoms with Crippen LogP contribution in [-0.4, -0.2) is 16.5 Å². The van der Waals surface area contributed by atoms with Gasteiger partial charge in [0.25, 0.3) is 0 Å². The van der Waals surface area contributed by atoms with Crippen molar-refractivity contribution in [3.63, 3.8) is 0 Å². The van der Waals surface area contributed by atoms with Gasteiger partial charge in [-0.3, -0.25) is 4.79 Å². The van der Waals surface area contributed by atoms with Gasteiger partial charge in [0.15, 0.2) is 5.78 Å². The Morgan fingerprint density at radius 1 is 1.16 bits per heavy atom. The lowest BCUT2D eigenvalue weighted by Crippen LogP contribution is -2.01. The van der Waals surface area contributed by atoms with E-state index in [0.717, 1.165) is 16.0 Å². The summed E-state index contributed by atoms with van der Waals surface area (Å²) in [7, 11) is 0. The van der Waals surface area contributed by atoms with Crippen LogP contribution >= 0.6 is 11.8 Å². The number of nitrogens with zero attached hydrogens (tertiary/aromatic N) is 1. The van der Waals surface area contributed by atoms with Gasteiger partial charge in [0, 0.05) is 11.6 Å². The third kappa shape index (κ3) is 2.53. The van der Waals surface area contributed by atoms with Crippen molar-refractivity contribution in [2.45, 2.75) is 5.03 Å². The highest BCUT2D eigenvalue weighted by atomic mass is 32.2. The van der Waals surface area contributed by atoms with Crippen molar-refractivity contribution in [2.24, 2.45) is 0 Å². The van der Waals surface area contributed by atoms with Gasteiger partial charge in [-0.2, -0.15) is 0 Å². The molecule has 2 aromatic heterocycles. The van der Waals surface area contributed by atoms with Crippen LogP contribution in [0.2, 0.25) is 0 Å². The largest absolute Gasteiger partial charge is 0.464 e. The zero-order valence-corrected chi connectivity index (χ0v) is 10.9. The number of para-hydroxylation sites is 1. The van der Waals surface area contributed by atoms with Crippen LogP contribution in [0.15, 0.2) is 64.4 Å². The van der Waals surface area contributed by atoms with Crippen LogP contribution in [0.3, 0.4) is 0 Å². The van der Waals surface area contributed by atoms with E-state index in [1.54, 1.807) is 6.20 Å². The zero-order chi connectivity index (χ0) is 13.1. The Kier molecular flexibility index (Phi) is 3.33. The van der Waals surface area contributed by atoms with Crippen LogP contribution in [0, 0.1) is 0 Å². The maximum Gasteiger partial charge on any atom is 0.176 e. The van der Waals surface area contributed by atoms with Crippen molar-refractivity contribution in [3.05, 3.63) is 60.5 Å². The number of Topliss-reactive ketones (excluding diaryl/α,β-unsaturated/α-hetero) is 1. The molecule has 19 heavy (non-hydrogen) atoms. The van der Waals surface area contributed by atoms with Gasteiger partial charge in [-0.05, 0) is 18.2 Å². The molecule has 0 atom stereocenters. The molecule has 0 amide bonds. The number of ketones is 1. The van der Waals surface area contributed by atoms with Crippen LogP contribution in [-0.2, 0) is 0 Å².